The van der Waals surface area contributed by atoms with Crippen LogP contribution in [0.4, 0.5) is 0 Å². The topological polar surface area (TPSA) is 49.0 Å². The molecular weight excluding hydrogens is 258 g/mol. The maximum atomic E-state index is 12.3. The lowest BCUT2D eigenvalue weighted by atomic mass is 10.1. The Morgan fingerprint density at radius 2 is 2.32 bits per heavy atom. The second kappa shape index (κ2) is 4.81. The maximum Gasteiger partial charge on any atom is 0.263 e. The molecule has 100 valence electrons. The summed E-state index contributed by atoms with van der Waals surface area (Å²) in [6.07, 6.45) is 2.84. The summed E-state index contributed by atoms with van der Waals surface area (Å²) >= 11 is 1.57. The standard InChI is InChI=1S/C14H17N3OS/c1-9-7-15-13(16-9)11-5-6-17(8-11)14(18)12-4-3-10(2)19-12/h3-4,7,11H,5-6,8H2,1-2H3,(H,15,16). The molecule has 0 saturated carbocycles. The molecule has 0 radical (unpaired) electrons. The molecule has 3 heterocycles. The smallest absolute Gasteiger partial charge is 0.263 e. The van der Waals surface area contributed by atoms with E-state index in [2.05, 4.69) is 9.97 Å². The summed E-state index contributed by atoms with van der Waals surface area (Å²) in [6, 6.07) is 3.92. The number of carbonyl (C=O) groups is 1. The zero-order valence-corrected chi connectivity index (χ0v) is 12.0. The molecule has 0 spiro atoms. The molecule has 5 heteroatoms. The Kier molecular flexibility index (Phi) is 3.14. The number of amides is 1. The van der Waals surface area contributed by atoms with E-state index in [1.54, 1.807) is 11.3 Å². The maximum absolute atomic E-state index is 12.3. The molecule has 19 heavy (non-hydrogen) atoms. The van der Waals surface area contributed by atoms with Gasteiger partial charge >= 0.3 is 0 Å². The first kappa shape index (κ1) is 12.4. The minimum absolute atomic E-state index is 0.156. The second-order valence-electron chi connectivity index (χ2n) is 5.10. The van der Waals surface area contributed by atoms with E-state index in [0.29, 0.717) is 5.92 Å². The van der Waals surface area contributed by atoms with Gasteiger partial charge in [0.1, 0.15) is 5.82 Å². The fraction of sp³-hybridized carbons (Fsp3) is 0.429. The number of aromatic amines is 1. The molecule has 1 aliphatic heterocycles. The third kappa shape index (κ3) is 2.42. The largest absolute Gasteiger partial charge is 0.346 e. The van der Waals surface area contributed by atoms with Gasteiger partial charge in [0.15, 0.2) is 0 Å². The van der Waals surface area contributed by atoms with Gasteiger partial charge in [-0.1, -0.05) is 0 Å². The van der Waals surface area contributed by atoms with Crippen LogP contribution in [0, 0.1) is 13.8 Å². The summed E-state index contributed by atoms with van der Waals surface area (Å²) < 4.78 is 0. The van der Waals surface area contributed by atoms with Crippen molar-refractivity contribution in [1.29, 1.82) is 0 Å². The molecule has 1 fully saturated rings. The van der Waals surface area contributed by atoms with E-state index in [1.807, 2.05) is 37.1 Å². The van der Waals surface area contributed by atoms with Gasteiger partial charge in [-0.05, 0) is 32.4 Å². The van der Waals surface area contributed by atoms with E-state index in [0.717, 1.165) is 35.9 Å². The molecule has 0 aromatic carbocycles. The van der Waals surface area contributed by atoms with Gasteiger partial charge in [0.05, 0.1) is 4.88 Å². The van der Waals surface area contributed by atoms with Crippen LogP contribution in [-0.2, 0) is 0 Å². The number of thiophene rings is 1. The Labute approximate surface area is 116 Å². The summed E-state index contributed by atoms with van der Waals surface area (Å²) in [5.41, 5.74) is 1.08. The van der Waals surface area contributed by atoms with Crippen LogP contribution in [0.2, 0.25) is 0 Å². The van der Waals surface area contributed by atoms with Crippen molar-refractivity contribution in [2.24, 2.45) is 0 Å². The number of hydrogen-bond donors (Lipinski definition) is 1. The Hall–Kier alpha value is -1.62. The summed E-state index contributed by atoms with van der Waals surface area (Å²) in [7, 11) is 0. The molecule has 3 rings (SSSR count). The fourth-order valence-electron chi connectivity index (χ4n) is 2.51. The van der Waals surface area contributed by atoms with Crippen LogP contribution in [-0.4, -0.2) is 33.9 Å². The van der Waals surface area contributed by atoms with Gasteiger partial charge < -0.3 is 9.88 Å². The van der Waals surface area contributed by atoms with Crippen molar-refractivity contribution < 1.29 is 4.79 Å². The van der Waals surface area contributed by atoms with E-state index in [1.165, 1.54) is 4.88 Å². The highest BCUT2D eigenvalue weighted by Crippen LogP contribution is 2.27. The van der Waals surface area contributed by atoms with Gasteiger partial charge in [0, 0.05) is 35.8 Å². The first-order valence-electron chi connectivity index (χ1n) is 6.50. The van der Waals surface area contributed by atoms with Crippen molar-refractivity contribution >= 4 is 17.2 Å². The van der Waals surface area contributed by atoms with E-state index >= 15 is 0 Å². The lowest BCUT2D eigenvalue weighted by molar-refractivity contribution is 0.0795. The highest BCUT2D eigenvalue weighted by Gasteiger charge is 2.29. The molecule has 4 nitrogen and oxygen atoms in total. The predicted octanol–water partition coefficient (Wildman–Crippen LogP) is 2.72. The van der Waals surface area contributed by atoms with E-state index in [9.17, 15) is 4.79 Å². The zero-order valence-electron chi connectivity index (χ0n) is 11.1. The molecule has 1 aliphatic rings. The molecule has 1 amide bonds. The normalized spacial score (nSPS) is 19.1. The van der Waals surface area contributed by atoms with Gasteiger partial charge in [-0.15, -0.1) is 11.3 Å². The average molecular weight is 275 g/mol. The Morgan fingerprint density at radius 1 is 1.47 bits per heavy atom. The number of nitrogens with zero attached hydrogens (tertiary/aromatic N) is 2. The zero-order chi connectivity index (χ0) is 13.4. The fourth-order valence-corrected chi connectivity index (χ4v) is 3.35. The van der Waals surface area contributed by atoms with Crippen molar-refractivity contribution in [2.45, 2.75) is 26.2 Å². The number of carbonyl (C=O) groups excluding carboxylic acids is 1. The quantitative estimate of drug-likeness (QED) is 0.916. The van der Waals surface area contributed by atoms with E-state index < -0.39 is 0 Å². The van der Waals surface area contributed by atoms with Gasteiger partial charge in [-0.2, -0.15) is 0 Å². The van der Waals surface area contributed by atoms with Gasteiger partial charge in [-0.3, -0.25) is 4.79 Å². The van der Waals surface area contributed by atoms with Gasteiger partial charge in [-0.25, -0.2) is 4.98 Å². The van der Waals surface area contributed by atoms with E-state index in [4.69, 9.17) is 0 Å². The molecule has 0 bridgehead atoms. The Balaban J connectivity index is 1.70. The highest BCUT2D eigenvalue weighted by atomic mass is 32.1. The summed E-state index contributed by atoms with van der Waals surface area (Å²) in [4.78, 5) is 24.0. The SMILES string of the molecule is Cc1cnc(C2CCN(C(=O)c3ccc(C)s3)C2)[nH]1. The Morgan fingerprint density at radius 3 is 2.95 bits per heavy atom. The van der Waals surface area contributed by atoms with Crippen molar-refractivity contribution in [3.63, 3.8) is 0 Å². The molecule has 1 atom stereocenters. The molecule has 1 unspecified atom stereocenters. The van der Waals surface area contributed by atoms with Crippen molar-refractivity contribution in [3.05, 3.63) is 39.6 Å². The molecular formula is C14H17N3OS. The van der Waals surface area contributed by atoms with Crippen LogP contribution in [0.15, 0.2) is 18.3 Å². The number of nitrogens with one attached hydrogen (secondary N) is 1. The number of imidazole rings is 1. The third-order valence-corrected chi connectivity index (χ3v) is 4.52. The Bertz CT molecular complexity index is 601. The summed E-state index contributed by atoms with van der Waals surface area (Å²) in [5.74, 6) is 1.51. The van der Waals surface area contributed by atoms with Crippen molar-refractivity contribution in [1.82, 2.24) is 14.9 Å². The lowest BCUT2D eigenvalue weighted by Gasteiger charge is -2.14. The van der Waals surface area contributed by atoms with Crippen molar-refractivity contribution in [2.75, 3.05) is 13.1 Å². The van der Waals surface area contributed by atoms with Crippen LogP contribution in [0.1, 0.15) is 38.4 Å². The minimum atomic E-state index is 0.156. The number of hydrogen-bond acceptors (Lipinski definition) is 3. The number of rotatable bonds is 2. The minimum Gasteiger partial charge on any atom is -0.346 e. The average Bonchev–Trinajstić information content (AvgIpc) is 3.07. The van der Waals surface area contributed by atoms with Crippen LogP contribution >= 0.6 is 11.3 Å². The van der Waals surface area contributed by atoms with Crippen LogP contribution in [0.25, 0.3) is 0 Å². The van der Waals surface area contributed by atoms with Crippen molar-refractivity contribution in [3.8, 4) is 0 Å². The molecule has 0 aliphatic carbocycles. The molecule has 1 N–H and O–H groups in total. The molecule has 1 saturated heterocycles. The predicted molar refractivity (Wildman–Crippen MR) is 75.6 cm³/mol. The van der Waals surface area contributed by atoms with Crippen LogP contribution in [0.5, 0.6) is 0 Å². The number of H-pyrrole nitrogens is 1. The number of likely N-dealkylation sites (tertiary alicyclic amines) is 1. The van der Waals surface area contributed by atoms with Gasteiger partial charge in [0.25, 0.3) is 5.91 Å². The highest BCUT2D eigenvalue weighted by molar-refractivity contribution is 7.13. The van der Waals surface area contributed by atoms with Crippen LogP contribution in [0.3, 0.4) is 0 Å². The lowest BCUT2D eigenvalue weighted by Crippen LogP contribution is -2.27. The summed E-state index contributed by atoms with van der Waals surface area (Å²) in [5, 5.41) is 0. The number of aryl methyl sites for hydroxylation is 2. The first-order valence-corrected chi connectivity index (χ1v) is 7.32. The number of aromatic nitrogens is 2. The first-order chi connectivity index (χ1) is 9.13. The second-order valence-corrected chi connectivity index (χ2v) is 6.39. The van der Waals surface area contributed by atoms with Crippen LogP contribution < -0.4 is 0 Å². The molecule has 2 aromatic heterocycles. The van der Waals surface area contributed by atoms with Gasteiger partial charge in [0.2, 0.25) is 0 Å². The monoisotopic (exact) mass is 275 g/mol. The third-order valence-electron chi connectivity index (χ3n) is 3.54. The summed E-state index contributed by atoms with van der Waals surface area (Å²) in [6.45, 7) is 5.62. The van der Waals surface area contributed by atoms with E-state index in [-0.39, 0.29) is 5.91 Å². The molecule has 2 aromatic rings.